The summed E-state index contributed by atoms with van der Waals surface area (Å²) < 4.78 is 0. The van der Waals surface area contributed by atoms with Crippen LogP contribution in [0.4, 0.5) is 0 Å². The molecule has 2 amide bonds. The van der Waals surface area contributed by atoms with E-state index in [4.69, 9.17) is 0 Å². The van der Waals surface area contributed by atoms with E-state index in [1.54, 1.807) is 0 Å². The van der Waals surface area contributed by atoms with E-state index in [-0.39, 0.29) is 18.4 Å². The maximum atomic E-state index is 14.0. The third-order valence-corrected chi connectivity index (χ3v) is 7.09. The SMILES string of the molecule is Cc1[nH]c2ccccc2c1C1C(=O)N(Cc2ccccc2)C(=O)C1c1c(C)[nH]c2ccccc12. The van der Waals surface area contributed by atoms with Crippen LogP contribution in [0.2, 0.25) is 0 Å². The highest BCUT2D eigenvalue weighted by atomic mass is 16.2. The van der Waals surface area contributed by atoms with Gasteiger partial charge >= 0.3 is 0 Å². The van der Waals surface area contributed by atoms with Gasteiger partial charge in [-0.05, 0) is 42.7 Å². The first-order chi connectivity index (χ1) is 16.5. The Labute approximate surface area is 197 Å². The van der Waals surface area contributed by atoms with Crippen molar-refractivity contribution in [2.24, 2.45) is 0 Å². The number of carbonyl (C=O) groups is 2. The summed E-state index contributed by atoms with van der Waals surface area (Å²) in [6.07, 6.45) is 0. The van der Waals surface area contributed by atoms with E-state index in [9.17, 15) is 9.59 Å². The van der Waals surface area contributed by atoms with Crippen LogP contribution in [0.3, 0.4) is 0 Å². The number of nitrogens with zero attached hydrogens (tertiary/aromatic N) is 1. The Morgan fingerprint density at radius 2 is 1.09 bits per heavy atom. The van der Waals surface area contributed by atoms with E-state index in [2.05, 4.69) is 9.97 Å². The number of nitrogens with one attached hydrogen (secondary N) is 2. The predicted octanol–water partition coefficient (Wildman–Crippen LogP) is 5.70. The Hall–Kier alpha value is -4.12. The molecule has 1 saturated heterocycles. The number of carbonyl (C=O) groups excluding carboxylic acids is 2. The lowest BCUT2D eigenvalue weighted by molar-refractivity contribution is -0.139. The fraction of sp³-hybridized carbons (Fsp3) is 0.172. The van der Waals surface area contributed by atoms with Crippen molar-refractivity contribution in [1.82, 2.24) is 14.9 Å². The van der Waals surface area contributed by atoms with Gasteiger partial charge in [0.25, 0.3) is 0 Å². The molecule has 0 spiro atoms. The lowest BCUT2D eigenvalue weighted by atomic mass is 9.81. The molecular weight excluding hydrogens is 422 g/mol. The highest BCUT2D eigenvalue weighted by molar-refractivity contribution is 6.13. The summed E-state index contributed by atoms with van der Waals surface area (Å²) >= 11 is 0. The molecule has 1 aliphatic rings. The van der Waals surface area contributed by atoms with Gasteiger partial charge in [0.1, 0.15) is 0 Å². The van der Waals surface area contributed by atoms with E-state index >= 15 is 0 Å². The number of hydrogen-bond acceptors (Lipinski definition) is 2. The van der Waals surface area contributed by atoms with Crippen LogP contribution in [0.5, 0.6) is 0 Å². The number of benzene rings is 3. The molecule has 5 aromatic rings. The van der Waals surface area contributed by atoms with Gasteiger partial charge in [-0.2, -0.15) is 0 Å². The monoisotopic (exact) mass is 447 g/mol. The van der Waals surface area contributed by atoms with Gasteiger partial charge < -0.3 is 9.97 Å². The van der Waals surface area contributed by atoms with Crippen LogP contribution in [0.15, 0.2) is 78.9 Å². The third-order valence-electron chi connectivity index (χ3n) is 7.09. The molecule has 5 heteroatoms. The first kappa shape index (κ1) is 20.5. The number of aromatic nitrogens is 2. The van der Waals surface area contributed by atoms with Crippen LogP contribution >= 0.6 is 0 Å². The standard InChI is InChI=1S/C29H25N3O2/c1-17-24(20-12-6-8-14-22(20)30-17)26-27(25-18(2)31-23-15-9-7-13-21(23)25)29(34)32(28(26)33)16-19-10-4-3-5-11-19/h3-15,26-27,30-31H,16H2,1-2H3. The van der Waals surface area contributed by atoms with Crippen molar-refractivity contribution < 1.29 is 9.59 Å². The Balaban J connectivity index is 1.57. The van der Waals surface area contributed by atoms with Gasteiger partial charge in [0, 0.05) is 33.2 Å². The minimum absolute atomic E-state index is 0.142. The van der Waals surface area contributed by atoms with Crippen molar-refractivity contribution in [1.29, 1.82) is 0 Å². The maximum absolute atomic E-state index is 14.0. The Kier molecular flexibility index (Phi) is 4.66. The number of rotatable bonds is 4. The number of hydrogen-bond donors (Lipinski definition) is 2. The topological polar surface area (TPSA) is 69.0 Å². The maximum Gasteiger partial charge on any atom is 0.238 e. The molecule has 5 nitrogen and oxygen atoms in total. The van der Waals surface area contributed by atoms with Crippen LogP contribution in [-0.4, -0.2) is 26.7 Å². The fourth-order valence-electron chi connectivity index (χ4n) is 5.63. The van der Waals surface area contributed by atoms with Crippen LogP contribution < -0.4 is 0 Å². The summed E-state index contributed by atoms with van der Waals surface area (Å²) in [5.41, 5.74) is 6.58. The molecule has 168 valence electrons. The summed E-state index contributed by atoms with van der Waals surface area (Å²) in [6, 6.07) is 25.7. The smallest absolute Gasteiger partial charge is 0.238 e. The van der Waals surface area contributed by atoms with Crippen LogP contribution in [-0.2, 0) is 16.1 Å². The molecule has 2 unspecified atom stereocenters. The van der Waals surface area contributed by atoms with Gasteiger partial charge in [-0.3, -0.25) is 14.5 Å². The second-order valence-electron chi connectivity index (χ2n) is 9.12. The molecule has 34 heavy (non-hydrogen) atoms. The Morgan fingerprint density at radius 3 is 1.59 bits per heavy atom. The molecule has 0 saturated carbocycles. The van der Waals surface area contributed by atoms with Crippen LogP contribution in [0.1, 0.15) is 39.9 Å². The predicted molar refractivity (Wildman–Crippen MR) is 134 cm³/mol. The number of likely N-dealkylation sites (tertiary alicyclic amines) is 1. The summed E-state index contributed by atoms with van der Waals surface area (Å²) in [5, 5.41) is 1.99. The zero-order valence-electron chi connectivity index (χ0n) is 19.1. The van der Waals surface area contributed by atoms with Gasteiger partial charge in [-0.15, -0.1) is 0 Å². The zero-order chi connectivity index (χ0) is 23.4. The third kappa shape index (κ3) is 3.00. The van der Waals surface area contributed by atoms with E-state index < -0.39 is 11.8 Å². The van der Waals surface area contributed by atoms with Gasteiger partial charge in [0.15, 0.2) is 0 Å². The van der Waals surface area contributed by atoms with Gasteiger partial charge in [0.2, 0.25) is 11.8 Å². The highest BCUT2D eigenvalue weighted by Crippen LogP contribution is 2.48. The fourth-order valence-corrected chi connectivity index (χ4v) is 5.63. The van der Waals surface area contributed by atoms with Crippen molar-refractivity contribution in [2.75, 3.05) is 0 Å². The second kappa shape index (κ2) is 7.73. The largest absolute Gasteiger partial charge is 0.358 e. The lowest BCUT2D eigenvalue weighted by Gasteiger charge is -2.17. The van der Waals surface area contributed by atoms with E-state index in [0.717, 1.165) is 49.9 Å². The number of aryl methyl sites for hydroxylation is 2. The van der Waals surface area contributed by atoms with Crippen molar-refractivity contribution in [3.05, 3.63) is 107 Å². The Morgan fingerprint density at radius 1 is 0.647 bits per heavy atom. The molecule has 2 aromatic heterocycles. The number of H-pyrrole nitrogens is 2. The van der Waals surface area contributed by atoms with Crippen molar-refractivity contribution in [3.8, 4) is 0 Å². The van der Waals surface area contributed by atoms with Crippen molar-refractivity contribution in [3.63, 3.8) is 0 Å². The van der Waals surface area contributed by atoms with Crippen molar-refractivity contribution in [2.45, 2.75) is 32.2 Å². The Bertz CT molecular complexity index is 1460. The first-order valence-corrected chi connectivity index (χ1v) is 11.6. The average molecular weight is 448 g/mol. The molecule has 2 N–H and O–H groups in total. The summed E-state index contributed by atoms with van der Waals surface area (Å²) in [6.45, 7) is 4.26. The zero-order valence-corrected chi connectivity index (χ0v) is 19.1. The number of fused-ring (bicyclic) bond motifs is 2. The number of aromatic amines is 2. The highest BCUT2D eigenvalue weighted by Gasteiger charge is 2.51. The minimum atomic E-state index is -0.592. The molecule has 1 aliphatic heterocycles. The number of imide groups is 1. The van der Waals surface area contributed by atoms with Crippen molar-refractivity contribution >= 4 is 33.6 Å². The van der Waals surface area contributed by atoms with Gasteiger partial charge in [-0.1, -0.05) is 66.7 Å². The molecule has 6 rings (SSSR count). The second-order valence-corrected chi connectivity index (χ2v) is 9.12. The van der Waals surface area contributed by atoms with E-state index in [1.807, 2.05) is 92.7 Å². The number of para-hydroxylation sites is 2. The quantitative estimate of drug-likeness (QED) is 0.347. The lowest BCUT2D eigenvalue weighted by Crippen LogP contribution is -2.30. The molecule has 3 heterocycles. The van der Waals surface area contributed by atoms with E-state index in [1.165, 1.54) is 4.90 Å². The number of amides is 2. The molecule has 2 atom stereocenters. The molecule has 0 bridgehead atoms. The molecule has 1 fully saturated rings. The first-order valence-electron chi connectivity index (χ1n) is 11.6. The normalized spacial score (nSPS) is 18.5. The summed E-state index contributed by atoms with van der Waals surface area (Å²) in [7, 11) is 0. The van der Waals surface area contributed by atoms with Crippen LogP contribution in [0.25, 0.3) is 21.8 Å². The van der Waals surface area contributed by atoms with E-state index in [0.29, 0.717) is 0 Å². The minimum Gasteiger partial charge on any atom is -0.358 e. The van der Waals surface area contributed by atoms with Gasteiger partial charge in [0.05, 0.1) is 18.4 Å². The molecule has 3 aromatic carbocycles. The van der Waals surface area contributed by atoms with Crippen LogP contribution in [0, 0.1) is 13.8 Å². The molecule has 0 radical (unpaired) electrons. The molecular formula is C29H25N3O2. The average Bonchev–Trinajstić information content (AvgIpc) is 3.43. The van der Waals surface area contributed by atoms with Gasteiger partial charge in [-0.25, -0.2) is 0 Å². The summed E-state index contributed by atoms with van der Waals surface area (Å²) in [4.78, 5) is 36.4. The molecule has 0 aliphatic carbocycles. The summed E-state index contributed by atoms with van der Waals surface area (Å²) in [5.74, 6) is -1.47.